The summed E-state index contributed by atoms with van der Waals surface area (Å²) in [4.78, 5) is 26.3. The maximum atomic E-state index is 13.0. The van der Waals surface area contributed by atoms with Gasteiger partial charge in [0.15, 0.2) is 11.5 Å². The number of carbonyl (C=O) groups is 2. The van der Waals surface area contributed by atoms with Crippen molar-refractivity contribution in [1.29, 1.82) is 0 Å². The Balaban J connectivity index is 1.68. The first-order chi connectivity index (χ1) is 17.2. The van der Waals surface area contributed by atoms with Crippen molar-refractivity contribution in [2.75, 3.05) is 20.8 Å². The first kappa shape index (κ1) is 28.8. The number of nitrogens with zero attached hydrogens (tertiary/aromatic N) is 1. The molecule has 1 saturated heterocycles. The third-order valence-corrected chi connectivity index (χ3v) is 8.01. The van der Waals surface area contributed by atoms with E-state index in [1.807, 2.05) is 6.07 Å². The van der Waals surface area contributed by atoms with Gasteiger partial charge in [-0.1, -0.05) is 59.7 Å². The maximum absolute atomic E-state index is 13.0. The second-order valence-electron chi connectivity index (χ2n) is 7.74. The zero-order valence-corrected chi connectivity index (χ0v) is 24.4. The number of methoxy groups -OCH3 is 2. The molecule has 1 fully saturated rings. The maximum Gasteiger partial charge on any atom is 0.305 e. The van der Waals surface area contributed by atoms with E-state index in [1.165, 1.54) is 18.9 Å². The van der Waals surface area contributed by atoms with E-state index in [2.05, 4.69) is 20.7 Å². The van der Waals surface area contributed by atoms with Gasteiger partial charge in [-0.2, -0.15) is 0 Å². The van der Waals surface area contributed by atoms with E-state index in [0.29, 0.717) is 60.2 Å². The summed E-state index contributed by atoms with van der Waals surface area (Å²) in [6.45, 7) is 0.665. The highest BCUT2D eigenvalue weighted by Gasteiger charge is 2.31. The number of rotatable bonds is 11. The molecule has 0 spiro atoms. The van der Waals surface area contributed by atoms with Gasteiger partial charge in [0, 0.05) is 28.6 Å². The molecule has 1 heterocycles. The number of thioether (sulfide) groups is 1. The Bertz CT molecular complexity index is 1170. The van der Waals surface area contributed by atoms with Crippen molar-refractivity contribution in [2.24, 2.45) is 0 Å². The number of thiocarbonyl (C=S) groups is 1. The normalized spacial score (nSPS) is 14.5. The van der Waals surface area contributed by atoms with E-state index in [1.54, 1.807) is 42.4 Å². The molecular weight excluding hydrogens is 609 g/mol. The number of amides is 1. The summed E-state index contributed by atoms with van der Waals surface area (Å²) in [5.41, 5.74) is 1.42. The number of benzene rings is 2. The molecule has 1 aliphatic heterocycles. The van der Waals surface area contributed by atoms with Gasteiger partial charge in [-0.15, -0.1) is 0 Å². The van der Waals surface area contributed by atoms with Crippen LogP contribution in [0.2, 0.25) is 10.0 Å². The van der Waals surface area contributed by atoms with Gasteiger partial charge in [-0.05, 0) is 64.7 Å². The molecule has 0 radical (unpaired) electrons. The van der Waals surface area contributed by atoms with Gasteiger partial charge >= 0.3 is 5.97 Å². The van der Waals surface area contributed by atoms with Crippen LogP contribution in [-0.2, 0) is 20.9 Å². The standard InChI is InChI=1S/C25H24BrCl2NO5S2/c1-32-20-12-15(11-17(26)23(20)34-14-16-18(27)7-6-8-19(16)28)13-21-24(31)29(25(35)36-21)10-5-3-4-9-22(30)33-2/h6-8,11-13H,3-5,9-10,14H2,1-2H3/b21-13-. The lowest BCUT2D eigenvalue weighted by Crippen LogP contribution is -2.29. The minimum atomic E-state index is -0.228. The van der Waals surface area contributed by atoms with Gasteiger partial charge in [-0.3, -0.25) is 14.5 Å². The summed E-state index contributed by atoms with van der Waals surface area (Å²) in [7, 11) is 2.92. The summed E-state index contributed by atoms with van der Waals surface area (Å²) in [5.74, 6) is 0.612. The van der Waals surface area contributed by atoms with Crippen molar-refractivity contribution in [3.05, 3.63) is 60.9 Å². The number of unbranched alkanes of at least 4 members (excludes halogenated alkanes) is 2. The molecule has 2 aromatic carbocycles. The van der Waals surface area contributed by atoms with Crippen LogP contribution in [0, 0.1) is 0 Å². The molecule has 1 amide bonds. The number of carbonyl (C=O) groups excluding carboxylic acids is 2. The molecular formula is C25H24BrCl2NO5S2. The fraction of sp³-hybridized carbons (Fsp3) is 0.320. The summed E-state index contributed by atoms with van der Waals surface area (Å²) in [5, 5.41) is 1.03. The Hall–Kier alpha value is -1.78. The molecule has 0 N–H and O–H groups in total. The molecule has 6 nitrogen and oxygen atoms in total. The van der Waals surface area contributed by atoms with E-state index >= 15 is 0 Å². The lowest BCUT2D eigenvalue weighted by Gasteiger charge is -2.15. The number of hydrogen-bond donors (Lipinski definition) is 0. The number of hydrogen-bond acceptors (Lipinski definition) is 7. The van der Waals surface area contributed by atoms with Crippen LogP contribution in [-0.4, -0.2) is 41.9 Å². The highest BCUT2D eigenvalue weighted by atomic mass is 79.9. The molecule has 0 aromatic heterocycles. The highest BCUT2D eigenvalue weighted by molar-refractivity contribution is 9.10. The largest absolute Gasteiger partial charge is 0.493 e. The second-order valence-corrected chi connectivity index (χ2v) is 11.1. The van der Waals surface area contributed by atoms with Crippen LogP contribution in [0.15, 0.2) is 39.7 Å². The Morgan fingerprint density at radius 2 is 1.89 bits per heavy atom. The molecule has 0 atom stereocenters. The molecule has 2 aromatic rings. The van der Waals surface area contributed by atoms with Gasteiger partial charge in [0.1, 0.15) is 10.9 Å². The predicted molar refractivity (Wildman–Crippen MR) is 152 cm³/mol. The first-order valence-corrected chi connectivity index (χ1v) is 13.8. The Morgan fingerprint density at radius 3 is 2.56 bits per heavy atom. The number of halogens is 3. The first-order valence-electron chi connectivity index (χ1n) is 11.0. The molecule has 0 bridgehead atoms. The van der Waals surface area contributed by atoms with Crippen molar-refractivity contribution in [3.63, 3.8) is 0 Å². The van der Waals surface area contributed by atoms with Crippen LogP contribution in [0.5, 0.6) is 11.5 Å². The van der Waals surface area contributed by atoms with Crippen LogP contribution in [0.3, 0.4) is 0 Å². The lowest BCUT2D eigenvalue weighted by molar-refractivity contribution is -0.140. The van der Waals surface area contributed by atoms with Crippen molar-refractivity contribution in [2.45, 2.75) is 32.3 Å². The van der Waals surface area contributed by atoms with Gasteiger partial charge in [0.05, 0.1) is 23.6 Å². The Labute approximate surface area is 238 Å². The second kappa shape index (κ2) is 13.7. The molecule has 3 rings (SSSR count). The number of ether oxygens (including phenoxy) is 3. The van der Waals surface area contributed by atoms with Crippen molar-refractivity contribution in [3.8, 4) is 11.5 Å². The minimum absolute atomic E-state index is 0.137. The topological polar surface area (TPSA) is 65.1 Å². The average Bonchev–Trinajstić information content (AvgIpc) is 3.11. The molecule has 11 heteroatoms. The summed E-state index contributed by atoms with van der Waals surface area (Å²) in [6, 6.07) is 8.90. The average molecular weight is 633 g/mol. The summed E-state index contributed by atoms with van der Waals surface area (Å²) in [6.07, 6.45) is 4.41. The van der Waals surface area contributed by atoms with Gasteiger partial charge in [0.2, 0.25) is 0 Å². The quantitative estimate of drug-likeness (QED) is 0.112. The monoisotopic (exact) mass is 631 g/mol. The van der Waals surface area contributed by atoms with Crippen LogP contribution >= 0.6 is 63.1 Å². The summed E-state index contributed by atoms with van der Waals surface area (Å²) < 4.78 is 17.3. The van der Waals surface area contributed by atoms with Crippen LogP contribution < -0.4 is 9.47 Å². The van der Waals surface area contributed by atoms with Crippen LogP contribution in [0.25, 0.3) is 6.08 Å². The molecule has 1 aliphatic rings. The molecule has 0 saturated carbocycles. The van der Waals surface area contributed by atoms with E-state index in [4.69, 9.17) is 44.9 Å². The lowest BCUT2D eigenvalue weighted by atomic mass is 10.1. The summed E-state index contributed by atoms with van der Waals surface area (Å²) >= 11 is 22.7. The van der Waals surface area contributed by atoms with Crippen molar-refractivity contribution >= 4 is 85.4 Å². The highest BCUT2D eigenvalue weighted by Crippen LogP contribution is 2.40. The molecule has 0 unspecified atom stereocenters. The predicted octanol–water partition coefficient (Wildman–Crippen LogP) is 7.28. The fourth-order valence-electron chi connectivity index (χ4n) is 3.44. The van der Waals surface area contributed by atoms with E-state index in [0.717, 1.165) is 18.4 Å². The molecule has 36 heavy (non-hydrogen) atoms. The van der Waals surface area contributed by atoms with Crippen molar-refractivity contribution < 1.29 is 23.8 Å². The SMILES string of the molecule is COC(=O)CCCCCN1C(=O)/C(=C/c2cc(Br)c(OCc3c(Cl)cccc3Cl)c(OC)c2)SC1=S. The number of esters is 1. The van der Waals surface area contributed by atoms with Crippen LogP contribution in [0.1, 0.15) is 36.8 Å². The van der Waals surface area contributed by atoms with Gasteiger partial charge in [-0.25, -0.2) is 0 Å². The fourth-order valence-corrected chi connectivity index (χ4v) is 5.83. The van der Waals surface area contributed by atoms with Gasteiger partial charge in [0.25, 0.3) is 5.91 Å². The molecule has 192 valence electrons. The van der Waals surface area contributed by atoms with E-state index in [9.17, 15) is 9.59 Å². The van der Waals surface area contributed by atoms with Crippen LogP contribution in [0.4, 0.5) is 0 Å². The Kier molecular flexibility index (Phi) is 10.9. The van der Waals surface area contributed by atoms with E-state index in [-0.39, 0.29) is 18.5 Å². The Morgan fingerprint density at radius 1 is 1.17 bits per heavy atom. The molecule has 0 aliphatic carbocycles. The van der Waals surface area contributed by atoms with E-state index < -0.39 is 0 Å². The third-order valence-electron chi connectivity index (χ3n) is 5.34. The minimum Gasteiger partial charge on any atom is -0.493 e. The zero-order chi connectivity index (χ0) is 26.2. The smallest absolute Gasteiger partial charge is 0.305 e. The zero-order valence-electron chi connectivity index (χ0n) is 19.6. The van der Waals surface area contributed by atoms with Crippen molar-refractivity contribution in [1.82, 2.24) is 4.90 Å². The third kappa shape index (κ3) is 7.38. The van der Waals surface area contributed by atoms with Gasteiger partial charge < -0.3 is 14.2 Å².